The van der Waals surface area contributed by atoms with E-state index in [1.54, 1.807) is 11.9 Å². The second-order valence-electron chi connectivity index (χ2n) is 5.37. The molecule has 22 heavy (non-hydrogen) atoms. The van der Waals surface area contributed by atoms with Crippen LogP contribution in [0, 0.1) is 11.6 Å². The molecule has 1 saturated heterocycles. The SMILES string of the molecule is Fc1cc(CN2CCCC(c3ccccc3)S2)c(F)cc1Br. The molecule has 2 aromatic rings. The molecule has 1 aliphatic rings. The van der Waals surface area contributed by atoms with Crippen LogP contribution in [-0.4, -0.2) is 10.8 Å². The van der Waals surface area contributed by atoms with Crippen LogP contribution in [0.2, 0.25) is 0 Å². The zero-order valence-electron chi connectivity index (χ0n) is 11.9. The molecule has 3 rings (SSSR count). The van der Waals surface area contributed by atoms with Crippen molar-refractivity contribution < 1.29 is 8.78 Å². The molecule has 0 aliphatic carbocycles. The summed E-state index contributed by atoms with van der Waals surface area (Å²) in [6, 6.07) is 12.8. The van der Waals surface area contributed by atoms with Crippen molar-refractivity contribution >= 4 is 27.9 Å². The van der Waals surface area contributed by atoms with E-state index >= 15 is 0 Å². The van der Waals surface area contributed by atoms with Crippen LogP contribution >= 0.6 is 27.9 Å². The Hall–Kier alpha value is -0.910. The fraction of sp³-hybridized carbons (Fsp3) is 0.294. The third-order valence-electron chi connectivity index (χ3n) is 3.76. The Labute approximate surface area is 142 Å². The van der Waals surface area contributed by atoms with E-state index in [9.17, 15) is 8.78 Å². The third-order valence-corrected chi connectivity index (χ3v) is 5.74. The maximum atomic E-state index is 14.0. The van der Waals surface area contributed by atoms with Gasteiger partial charge in [0, 0.05) is 23.9 Å². The van der Waals surface area contributed by atoms with Crippen molar-refractivity contribution in [3.8, 4) is 0 Å². The molecule has 1 unspecified atom stereocenters. The Morgan fingerprint density at radius 3 is 2.68 bits per heavy atom. The molecule has 0 bridgehead atoms. The van der Waals surface area contributed by atoms with Gasteiger partial charge in [-0.05, 0) is 46.5 Å². The Morgan fingerprint density at radius 2 is 1.91 bits per heavy atom. The molecule has 0 N–H and O–H groups in total. The maximum absolute atomic E-state index is 14.0. The van der Waals surface area contributed by atoms with Gasteiger partial charge in [0.15, 0.2) is 0 Å². The number of halogens is 3. The standard InChI is InChI=1S/C17H16BrF2NS/c18-14-10-15(19)13(9-16(14)20)11-21-8-4-7-17(22-21)12-5-2-1-3-6-12/h1-3,5-6,9-10,17H,4,7-8,11H2. The summed E-state index contributed by atoms with van der Waals surface area (Å²) in [5, 5.41) is 0.387. The zero-order valence-corrected chi connectivity index (χ0v) is 14.3. The van der Waals surface area contributed by atoms with Crippen LogP contribution in [0.5, 0.6) is 0 Å². The quantitative estimate of drug-likeness (QED) is 0.492. The highest BCUT2D eigenvalue weighted by Gasteiger charge is 2.23. The predicted molar refractivity (Wildman–Crippen MR) is 90.5 cm³/mol. The monoisotopic (exact) mass is 383 g/mol. The van der Waals surface area contributed by atoms with Gasteiger partial charge in [0.05, 0.1) is 4.47 Å². The average Bonchev–Trinajstić information content (AvgIpc) is 2.54. The molecular formula is C17H16BrF2NS. The van der Waals surface area contributed by atoms with Gasteiger partial charge in [-0.3, -0.25) is 0 Å². The van der Waals surface area contributed by atoms with Crippen molar-refractivity contribution in [3.05, 3.63) is 69.7 Å². The van der Waals surface area contributed by atoms with Gasteiger partial charge >= 0.3 is 0 Å². The van der Waals surface area contributed by atoms with Gasteiger partial charge in [0.2, 0.25) is 0 Å². The number of rotatable bonds is 3. The average molecular weight is 384 g/mol. The normalized spacial score (nSPS) is 19.3. The van der Waals surface area contributed by atoms with Crippen LogP contribution in [0.25, 0.3) is 0 Å². The van der Waals surface area contributed by atoms with Crippen molar-refractivity contribution in [2.75, 3.05) is 6.54 Å². The maximum Gasteiger partial charge on any atom is 0.137 e. The highest BCUT2D eigenvalue weighted by Crippen LogP contribution is 2.40. The van der Waals surface area contributed by atoms with Gasteiger partial charge in [0.1, 0.15) is 11.6 Å². The first-order valence-electron chi connectivity index (χ1n) is 7.23. The lowest BCUT2D eigenvalue weighted by molar-refractivity contribution is 0.409. The summed E-state index contributed by atoms with van der Waals surface area (Å²) >= 11 is 4.74. The summed E-state index contributed by atoms with van der Waals surface area (Å²) in [6.45, 7) is 1.31. The van der Waals surface area contributed by atoms with Crippen molar-refractivity contribution in [3.63, 3.8) is 0 Å². The van der Waals surface area contributed by atoms with E-state index in [0.717, 1.165) is 19.4 Å². The van der Waals surface area contributed by atoms with Crippen LogP contribution in [0.1, 0.15) is 29.2 Å². The van der Waals surface area contributed by atoms with Crippen LogP contribution in [-0.2, 0) is 6.54 Å². The first-order chi connectivity index (χ1) is 10.6. The van der Waals surface area contributed by atoms with Crippen molar-refractivity contribution in [1.82, 2.24) is 4.31 Å². The molecule has 1 heterocycles. The molecular weight excluding hydrogens is 368 g/mol. The van der Waals surface area contributed by atoms with Gasteiger partial charge in [-0.1, -0.05) is 42.3 Å². The molecule has 2 aromatic carbocycles. The highest BCUT2D eigenvalue weighted by molar-refractivity contribution is 9.10. The fourth-order valence-electron chi connectivity index (χ4n) is 2.62. The minimum absolute atomic E-state index is 0.169. The van der Waals surface area contributed by atoms with Gasteiger partial charge in [-0.15, -0.1) is 0 Å². The lowest BCUT2D eigenvalue weighted by Crippen LogP contribution is -2.24. The molecule has 1 aliphatic heterocycles. The van der Waals surface area contributed by atoms with E-state index in [-0.39, 0.29) is 10.3 Å². The fourth-order valence-corrected chi connectivity index (χ4v) is 4.30. The second kappa shape index (κ2) is 7.11. The Morgan fingerprint density at radius 1 is 1.14 bits per heavy atom. The number of hydrogen-bond acceptors (Lipinski definition) is 2. The molecule has 5 heteroatoms. The molecule has 1 atom stereocenters. The van der Waals surface area contributed by atoms with Gasteiger partial charge in [0.25, 0.3) is 0 Å². The largest absolute Gasteiger partial charge is 0.246 e. The van der Waals surface area contributed by atoms with Crippen molar-refractivity contribution in [2.24, 2.45) is 0 Å². The molecule has 1 nitrogen and oxygen atoms in total. The van der Waals surface area contributed by atoms with E-state index in [1.807, 2.05) is 18.2 Å². The zero-order chi connectivity index (χ0) is 15.5. The first kappa shape index (κ1) is 16.0. The van der Waals surface area contributed by atoms with Gasteiger partial charge < -0.3 is 0 Å². The number of nitrogens with zero attached hydrogens (tertiary/aromatic N) is 1. The van der Waals surface area contributed by atoms with Gasteiger partial charge in [-0.25, -0.2) is 13.1 Å². The van der Waals surface area contributed by atoms with Gasteiger partial charge in [-0.2, -0.15) is 0 Å². The van der Waals surface area contributed by atoms with E-state index in [1.165, 1.54) is 17.7 Å². The lowest BCUT2D eigenvalue weighted by Gasteiger charge is -2.32. The minimum atomic E-state index is -0.419. The summed E-state index contributed by atoms with van der Waals surface area (Å²) in [4.78, 5) is 0. The smallest absolute Gasteiger partial charge is 0.137 e. The molecule has 1 fully saturated rings. The highest BCUT2D eigenvalue weighted by atomic mass is 79.9. The van der Waals surface area contributed by atoms with Crippen LogP contribution in [0.4, 0.5) is 8.78 Å². The summed E-state index contributed by atoms with van der Waals surface area (Å²) in [5.74, 6) is -0.784. The Bertz CT molecular complexity index is 651. The number of hydrogen-bond donors (Lipinski definition) is 0. The third kappa shape index (κ3) is 3.70. The minimum Gasteiger partial charge on any atom is -0.246 e. The van der Waals surface area contributed by atoms with E-state index < -0.39 is 5.82 Å². The van der Waals surface area contributed by atoms with E-state index in [2.05, 4.69) is 32.4 Å². The van der Waals surface area contributed by atoms with Crippen molar-refractivity contribution in [1.29, 1.82) is 0 Å². The lowest BCUT2D eigenvalue weighted by atomic mass is 10.1. The molecule has 0 aromatic heterocycles. The summed E-state index contributed by atoms with van der Waals surface area (Å²) in [5.41, 5.74) is 1.70. The topological polar surface area (TPSA) is 3.24 Å². The summed E-state index contributed by atoms with van der Waals surface area (Å²) in [7, 11) is 0. The molecule has 0 spiro atoms. The van der Waals surface area contributed by atoms with E-state index in [0.29, 0.717) is 17.4 Å². The van der Waals surface area contributed by atoms with E-state index in [4.69, 9.17) is 0 Å². The van der Waals surface area contributed by atoms with Crippen LogP contribution < -0.4 is 0 Å². The summed E-state index contributed by atoms with van der Waals surface area (Å²) in [6.07, 6.45) is 2.18. The molecule has 116 valence electrons. The second-order valence-corrected chi connectivity index (χ2v) is 7.52. The summed E-state index contributed by atoms with van der Waals surface area (Å²) < 4.78 is 29.9. The number of benzene rings is 2. The molecule has 0 saturated carbocycles. The molecule has 0 amide bonds. The predicted octanol–water partition coefficient (Wildman–Crippen LogP) is 5.71. The Balaban J connectivity index is 1.72. The molecule has 0 radical (unpaired) electrons. The van der Waals surface area contributed by atoms with Crippen LogP contribution in [0.3, 0.4) is 0 Å². The van der Waals surface area contributed by atoms with Crippen LogP contribution in [0.15, 0.2) is 46.9 Å². The van der Waals surface area contributed by atoms with Crippen molar-refractivity contribution in [2.45, 2.75) is 24.6 Å². The first-order valence-corrected chi connectivity index (χ1v) is 8.86. The Kier molecular flexibility index (Phi) is 5.16.